The molecule has 0 unspecified atom stereocenters. The molecule has 6 heteroatoms. The number of amides is 1. The number of carbonyl (C=O) groups is 1. The van der Waals surface area contributed by atoms with Gasteiger partial charge in [-0.15, -0.1) is 11.8 Å². The highest BCUT2D eigenvalue weighted by Crippen LogP contribution is 2.38. The Morgan fingerprint density at radius 1 is 0.690 bits per heavy atom. The molecule has 2 heterocycles. The Labute approximate surface area is 261 Å². The van der Waals surface area contributed by atoms with Crippen molar-refractivity contribution in [1.82, 2.24) is 4.98 Å². The highest BCUT2D eigenvalue weighted by atomic mass is 35.5. The number of aliphatic imine (C=N–C) groups is 1. The normalized spacial score (nSPS) is 12.6. The van der Waals surface area contributed by atoms with E-state index in [1.165, 1.54) is 108 Å². The maximum atomic E-state index is 12.8. The van der Waals surface area contributed by atoms with Gasteiger partial charge in [-0.25, -0.2) is 4.99 Å². The van der Waals surface area contributed by atoms with E-state index in [2.05, 4.69) is 29.0 Å². The topological polar surface area (TPSA) is 65.4 Å². The minimum absolute atomic E-state index is 0.0403. The first-order valence-electron chi connectivity index (χ1n) is 16.2. The third-order valence-corrected chi connectivity index (χ3v) is 9.52. The van der Waals surface area contributed by atoms with Gasteiger partial charge in [-0.1, -0.05) is 139 Å². The van der Waals surface area contributed by atoms with Crippen molar-refractivity contribution in [2.75, 3.05) is 5.75 Å². The van der Waals surface area contributed by atoms with E-state index in [4.69, 9.17) is 11.6 Å². The molecule has 0 spiro atoms. The summed E-state index contributed by atoms with van der Waals surface area (Å²) in [6, 6.07) is 15.3. The number of aromatic nitrogens is 1. The van der Waals surface area contributed by atoms with Gasteiger partial charge in [-0.2, -0.15) is 0 Å². The Hall–Kier alpha value is -2.50. The molecule has 1 aromatic heterocycles. The Morgan fingerprint density at radius 3 is 1.74 bits per heavy atom. The van der Waals surface area contributed by atoms with Crippen LogP contribution >= 0.6 is 23.4 Å². The second-order valence-corrected chi connectivity index (χ2v) is 13.2. The highest BCUT2D eigenvalue weighted by Gasteiger charge is 2.33. The second-order valence-electron chi connectivity index (χ2n) is 11.5. The van der Waals surface area contributed by atoms with Gasteiger partial charge in [0.2, 0.25) is 0 Å². The van der Waals surface area contributed by atoms with Gasteiger partial charge < -0.3 is 10.1 Å². The number of H-pyrrole nitrogens is 1. The van der Waals surface area contributed by atoms with Crippen molar-refractivity contribution < 1.29 is 9.90 Å². The summed E-state index contributed by atoms with van der Waals surface area (Å²) in [5, 5.41) is 11.3. The van der Waals surface area contributed by atoms with Gasteiger partial charge in [0.1, 0.15) is 0 Å². The number of thioether (sulfide) groups is 1. The summed E-state index contributed by atoms with van der Waals surface area (Å²) in [5.41, 5.74) is 3.56. The van der Waals surface area contributed by atoms with Crippen LogP contribution in [0, 0.1) is 0 Å². The standard InChI is InChI=1S/C36H47ClN2O2S/c1-2-3-4-5-6-7-8-9-10-11-12-13-14-15-16-17-26-42-30-24-20-28(21-25-30)34-32-31(35(40)39-34)33(38-36(32)41)27-18-22-29(37)23-19-27/h18-25,39-40H,2-17,26H2,1H3. The van der Waals surface area contributed by atoms with Gasteiger partial charge in [0.25, 0.3) is 5.91 Å². The summed E-state index contributed by atoms with van der Waals surface area (Å²) in [5.74, 6) is 0.734. The van der Waals surface area contributed by atoms with Gasteiger partial charge in [0, 0.05) is 15.5 Å². The molecule has 2 aromatic carbocycles. The number of aromatic amines is 1. The summed E-state index contributed by atoms with van der Waals surface area (Å²) in [6.07, 6.45) is 22.2. The first-order chi connectivity index (χ1) is 20.6. The smallest absolute Gasteiger partial charge is 0.280 e. The second kappa shape index (κ2) is 17.6. The third kappa shape index (κ3) is 9.50. The predicted octanol–water partition coefficient (Wildman–Crippen LogP) is 11.4. The molecule has 42 heavy (non-hydrogen) atoms. The molecule has 3 aromatic rings. The molecule has 0 bridgehead atoms. The molecule has 4 nitrogen and oxygen atoms in total. The van der Waals surface area contributed by atoms with Gasteiger partial charge >= 0.3 is 0 Å². The molecular formula is C36H47ClN2O2S. The van der Waals surface area contributed by atoms with E-state index in [1.54, 1.807) is 24.3 Å². The molecule has 0 fully saturated rings. The lowest BCUT2D eigenvalue weighted by molar-refractivity contribution is 0.101. The zero-order valence-electron chi connectivity index (χ0n) is 25.2. The van der Waals surface area contributed by atoms with Crippen LogP contribution in [0.1, 0.15) is 131 Å². The molecule has 1 amide bonds. The van der Waals surface area contributed by atoms with Crippen molar-refractivity contribution in [2.24, 2.45) is 4.99 Å². The Morgan fingerprint density at radius 2 is 1.19 bits per heavy atom. The fourth-order valence-electron chi connectivity index (χ4n) is 5.74. The van der Waals surface area contributed by atoms with Crippen LogP contribution in [0.3, 0.4) is 0 Å². The van der Waals surface area contributed by atoms with Crippen molar-refractivity contribution in [3.05, 3.63) is 70.2 Å². The zero-order valence-corrected chi connectivity index (χ0v) is 26.8. The van der Waals surface area contributed by atoms with E-state index in [0.29, 0.717) is 27.6 Å². The number of benzene rings is 2. The van der Waals surface area contributed by atoms with Gasteiger partial charge in [-0.3, -0.25) is 4.79 Å². The maximum absolute atomic E-state index is 12.8. The van der Waals surface area contributed by atoms with Crippen LogP contribution in [0.25, 0.3) is 11.3 Å². The number of halogens is 1. The summed E-state index contributed by atoms with van der Waals surface area (Å²) in [6.45, 7) is 2.28. The van der Waals surface area contributed by atoms with Crippen molar-refractivity contribution in [3.63, 3.8) is 0 Å². The van der Waals surface area contributed by atoms with Crippen LogP contribution in [0.5, 0.6) is 5.88 Å². The number of fused-ring (bicyclic) bond motifs is 1. The number of unbranched alkanes of at least 4 members (excludes halogenated alkanes) is 15. The Bertz CT molecular complexity index is 1280. The summed E-state index contributed by atoms with van der Waals surface area (Å²) in [7, 11) is 0. The largest absolute Gasteiger partial charge is 0.494 e. The van der Waals surface area contributed by atoms with Gasteiger partial charge in [-0.05, 0) is 42.0 Å². The fraction of sp³-hybridized carbons (Fsp3) is 0.500. The summed E-state index contributed by atoms with van der Waals surface area (Å²) in [4.78, 5) is 21.3. The number of rotatable bonds is 20. The summed E-state index contributed by atoms with van der Waals surface area (Å²) >= 11 is 7.89. The van der Waals surface area contributed by atoms with Crippen molar-refractivity contribution in [2.45, 2.75) is 115 Å². The average Bonchev–Trinajstić information content (AvgIpc) is 3.53. The van der Waals surface area contributed by atoms with E-state index >= 15 is 0 Å². The molecular weight excluding hydrogens is 560 g/mol. The van der Waals surface area contributed by atoms with Crippen LogP contribution in [-0.2, 0) is 0 Å². The van der Waals surface area contributed by atoms with Crippen LogP contribution in [0.2, 0.25) is 5.02 Å². The van der Waals surface area contributed by atoms with Crippen LogP contribution in [0.15, 0.2) is 58.4 Å². The number of hydrogen-bond acceptors (Lipinski definition) is 3. The molecule has 226 valence electrons. The quantitative estimate of drug-likeness (QED) is 0.0992. The third-order valence-electron chi connectivity index (χ3n) is 8.17. The minimum Gasteiger partial charge on any atom is -0.494 e. The molecule has 0 saturated carbocycles. The van der Waals surface area contributed by atoms with Crippen molar-refractivity contribution in [1.29, 1.82) is 0 Å². The van der Waals surface area contributed by atoms with Crippen LogP contribution in [0.4, 0.5) is 0 Å². The van der Waals surface area contributed by atoms with E-state index in [1.807, 2.05) is 23.9 Å². The molecule has 0 atom stereocenters. The Kier molecular flexibility index (Phi) is 13.6. The van der Waals surface area contributed by atoms with E-state index in [0.717, 1.165) is 16.9 Å². The molecule has 4 rings (SSSR count). The zero-order chi connectivity index (χ0) is 29.6. The molecule has 0 aliphatic carbocycles. The molecule has 1 aliphatic heterocycles. The monoisotopic (exact) mass is 606 g/mol. The Balaban J connectivity index is 1.10. The first kappa shape index (κ1) is 32.4. The summed E-state index contributed by atoms with van der Waals surface area (Å²) < 4.78 is 0. The van der Waals surface area contributed by atoms with Crippen molar-refractivity contribution >= 4 is 35.0 Å². The SMILES string of the molecule is CCCCCCCCCCCCCCCCCCSc1ccc(-c2[nH]c(O)c3c2C(=O)N=C3c2ccc(Cl)cc2)cc1. The highest BCUT2D eigenvalue weighted by molar-refractivity contribution is 7.99. The van der Waals surface area contributed by atoms with E-state index < -0.39 is 0 Å². The van der Waals surface area contributed by atoms with E-state index in [9.17, 15) is 9.90 Å². The molecule has 0 radical (unpaired) electrons. The first-order valence-corrected chi connectivity index (χ1v) is 17.5. The number of aromatic hydroxyl groups is 1. The van der Waals surface area contributed by atoms with Crippen molar-refractivity contribution in [3.8, 4) is 17.1 Å². The van der Waals surface area contributed by atoms with Crippen LogP contribution < -0.4 is 0 Å². The molecule has 0 saturated heterocycles. The number of hydrogen-bond donors (Lipinski definition) is 2. The number of nitrogens with zero attached hydrogens (tertiary/aromatic N) is 1. The lowest BCUT2D eigenvalue weighted by atomic mass is 10.0. The number of carbonyl (C=O) groups excluding carboxylic acids is 1. The maximum Gasteiger partial charge on any atom is 0.280 e. The number of nitrogens with one attached hydrogen (secondary N) is 1. The lowest BCUT2D eigenvalue weighted by Crippen LogP contribution is -1.99. The average molecular weight is 607 g/mol. The van der Waals surface area contributed by atoms with Gasteiger partial charge in [0.05, 0.1) is 22.5 Å². The van der Waals surface area contributed by atoms with Crippen LogP contribution in [-0.4, -0.2) is 27.5 Å². The fourth-order valence-corrected chi connectivity index (χ4v) is 6.77. The van der Waals surface area contributed by atoms with Gasteiger partial charge in [0.15, 0.2) is 5.88 Å². The predicted molar refractivity (Wildman–Crippen MR) is 180 cm³/mol. The lowest BCUT2D eigenvalue weighted by Gasteiger charge is -2.05. The minimum atomic E-state index is -0.344. The van der Waals surface area contributed by atoms with E-state index in [-0.39, 0.29) is 11.8 Å². The molecule has 2 N–H and O–H groups in total. The molecule has 1 aliphatic rings.